The molecular formula is C32H27IN2O6S2. The number of hydrogen-bond donors (Lipinski definition) is 0. The molecule has 220 valence electrons. The number of nitrogens with zero attached hydrogens (tertiary/aromatic N) is 2. The number of halogens is 1. The first kappa shape index (κ1) is 30.8. The highest BCUT2D eigenvalue weighted by molar-refractivity contribution is 14.1. The number of fused-ring (bicyclic) bond motifs is 1. The fraction of sp³-hybridized carbons (Fsp3) is 0.188. The third-order valence-corrected chi connectivity index (χ3v) is 9.13. The number of esters is 2. The highest BCUT2D eigenvalue weighted by Gasteiger charge is 2.35. The minimum atomic E-state index is -0.760. The largest absolute Gasteiger partial charge is 0.493 e. The minimum absolute atomic E-state index is 0.177. The first-order valence-electron chi connectivity index (χ1n) is 13.2. The Morgan fingerprint density at radius 3 is 2.47 bits per heavy atom. The van der Waals surface area contributed by atoms with Crippen molar-refractivity contribution < 1.29 is 23.8 Å². The second-order valence-electron chi connectivity index (χ2n) is 9.33. The average Bonchev–Trinajstić information content (AvgIpc) is 3.32. The van der Waals surface area contributed by atoms with Gasteiger partial charge in [-0.2, -0.15) is 0 Å². The molecule has 3 aromatic carbocycles. The van der Waals surface area contributed by atoms with Gasteiger partial charge in [-0.05, 0) is 77.2 Å². The molecule has 0 aliphatic carbocycles. The summed E-state index contributed by atoms with van der Waals surface area (Å²) in [5, 5.41) is 0. The fourth-order valence-electron chi connectivity index (χ4n) is 4.76. The molecule has 43 heavy (non-hydrogen) atoms. The summed E-state index contributed by atoms with van der Waals surface area (Å²) in [7, 11) is 1.49. The number of methoxy groups -OCH3 is 1. The van der Waals surface area contributed by atoms with Gasteiger partial charge in [0.25, 0.3) is 5.56 Å². The summed E-state index contributed by atoms with van der Waals surface area (Å²) in [6.45, 7) is 3.25. The van der Waals surface area contributed by atoms with Crippen LogP contribution >= 0.6 is 45.7 Å². The molecule has 0 spiro atoms. The van der Waals surface area contributed by atoms with E-state index >= 15 is 0 Å². The Bertz CT molecular complexity index is 1910. The Hall–Kier alpha value is -3.68. The monoisotopic (exact) mass is 726 g/mol. The van der Waals surface area contributed by atoms with Crippen LogP contribution in [0.3, 0.4) is 0 Å². The molecule has 0 amide bonds. The number of thioether (sulfide) groups is 1. The third-order valence-electron chi connectivity index (χ3n) is 6.60. The minimum Gasteiger partial charge on any atom is -0.493 e. The van der Waals surface area contributed by atoms with E-state index in [0.717, 1.165) is 16.0 Å². The smallest absolute Gasteiger partial charge is 0.338 e. The van der Waals surface area contributed by atoms with E-state index in [1.54, 1.807) is 41.5 Å². The molecule has 0 fully saturated rings. The van der Waals surface area contributed by atoms with Crippen LogP contribution in [0.1, 0.15) is 36.6 Å². The van der Waals surface area contributed by atoms with Gasteiger partial charge in [0.05, 0.1) is 39.1 Å². The average molecular weight is 727 g/mol. The van der Waals surface area contributed by atoms with Gasteiger partial charge in [-0.15, -0.1) is 11.8 Å². The molecule has 0 saturated heterocycles. The van der Waals surface area contributed by atoms with Crippen LogP contribution in [0.15, 0.2) is 87.0 Å². The number of ether oxygens (including phenoxy) is 3. The molecule has 0 bridgehead atoms. The van der Waals surface area contributed by atoms with E-state index in [1.807, 2.05) is 60.9 Å². The predicted octanol–water partition coefficient (Wildman–Crippen LogP) is 5.20. The van der Waals surface area contributed by atoms with Crippen LogP contribution in [0.5, 0.6) is 11.5 Å². The molecule has 5 rings (SSSR count). The zero-order valence-electron chi connectivity index (χ0n) is 23.8. The summed E-state index contributed by atoms with van der Waals surface area (Å²) >= 11 is 4.90. The van der Waals surface area contributed by atoms with Crippen LogP contribution in [0, 0.1) is 3.57 Å². The molecule has 0 N–H and O–H groups in total. The lowest BCUT2D eigenvalue weighted by molar-refractivity contribution is -0.139. The molecule has 0 unspecified atom stereocenters. The van der Waals surface area contributed by atoms with Gasteiger partial charge in [0, 0.05) is 17.4 Å². The Kier molecular flexibility index (Phi) is 9.52. The Labute approximate surface area is 269 Å². The van der Waals surface area contributed by atoms with Gasteiger partial charge in [0.2, 0.25) is 0 Å². The van der Waals surface area contributed by atoms with Crippen LogP contribution in [0.2, 0.25) is 0 Å². The number of thiazole rings is 1. The molecule has 0 saturated carbocycles. The lowest BCUT2D eigenvalue weighted by Crippen LogP contribution is -2.40. The van der Waals surface area contributed by atoms with E-state index < -0.39 is 18.0 Å². The first-order chi connectivity index (χ1) is 20.7. The number of rotatable bonds is 8. The fourth-order valence-corrected chi connectivity index (χ4v) is 6.90. The van der Waals surface area contributed by atoms with Crippen molar-refractivity contribution in [3.8, 4) is 11.5 Å². The van der Waals surface area contributed by atoms with E-state index in [9.17, 15) is 14.4 Å². The molecule has 0 radical (unpaired) electrons. The van der Waals surface area contributed by atoms with E-state index in [1.165, 1.54) is 25.4 Å². The van der Waals surface area contributed by atoms with E-state index in [4.69, 9.17) is 19.2 Å². The van der Waals surface area contributed by atoms with Gasteiger partial charge in [-0.25, -0.2) is 9.79 Å². The maximum Gasteiger partial charge on any atom is 0.338 e. The zero-order valence-corrected chi connectivity index (χ0v) is 27.5. The van der Waals surface area contributed by atoms with Crippen molar-refractivity contribution in [3.63, 3.8) is 0 Å². The molecule has 4 aromatic rings. The van der Waals surface area contributed by atoms with Crippen molar-refractivity contribution in [1.29, 1.82) is 0 Å². The Balaban J connectivity index is 1.78. The summed E-state index contributed by atoms with van der Waals surface area (Å²) < 4.78 is 19.0. The SMILES string of the molecule is CCOC(=O)C1=C(c2ccccc2)N=c2s/c(=C\c3cc(I)c(OC(C)=O)c(OC)c3)c(=O)n2[C@H]1c1ccc(SC)cc1. The quantitative estimate of drug-likeness (QED) is 0.107. The standard InChI is InChI=1S/C32H27IN2O6S2/c1-5-40-31(38)26-27(20-9-7-6-8-10-20)34-32-35(28(26)21-11-13-22(42-4)14-12-21)30(37)25(43-32)17-19-15-23(33)29(41-18(2)36)24(16-19)39-3/h6-17,28H,5H2,1-4H3/b25-17-/t28-/m0/s1. The van der Waals surface area contributed by atoms with E-state index in [-0.39, 0.29) is 12.2 Å². The van der Waals surface area contributed by atoms with Crippen LogP contribution < -0.4 is 24.4 Å². The van der Waals surface area contributed by atoms with E-state index in [2.05, 4.69) is 22.6 Å². The van der Waals surface area contributed by atoms with Gasteiger partial charge < -0.3 is 14.2 Å². The first-order valence-corrected chi connectivity index (χ1v) is 16.4. The van der Waals surface area contributed by atoms with Gasteiger partial charge in [-0.1, -0.05) is 53.8 Å². The molecule has 1 atom stereocenters. The van der Waals surface area contributed by atoms with Crippen LogP contribution in [0.4, 0.5) is 0 Å². The zero-order chi connectivity index (χ0) is 30.7. The van der Waals surface area contributed by atoms with Gasteiger partial charge >= 0.3 is 11.9 Å². The Morgan fingerprint density at radius 2 is 1.84 bits per heavy atom. The lowest BCUT2D eigenvalue weighted by Gasteiger charge is -2.26. The summed E-state index contributed by atoms with van der Waals surface area (Å²) in [5.74, 6) is -0.313. The highest BCUT2D eigenvalue weighted by Crippen LogP contribution is 2.36. The van der Waals surface area contributed by atoms with Crippen molar-refractivity contribution >= 4 is 69.4 Å². The molecule has 2 heterocycles. The van der Waals surface area contributed by atoms with Crippen molar-refractivity contribution in [1.82, 2.24) is 4.57 Å². The number of carbonyl (C=O) groups excluding carboxylic acids is 2. The Morgan fingerprint density at radius 1 is 1.12 bits per heavy atom. The van der Waals surface area contributed by atoms with E-state index in [0.29, 0.717) is 41.2 Å². The normalized spacial score (nSPS) is 14.6. The second-order valence-corrected chi connectivity index (χ2v) is 12.4. The second kappa shape index (κ2) is 13.3. The maximum atomic E-state index is 14.1. The summed E-state index contributed by atoms with van der Waals surface area (Å²) in [4.78, 5) is 45.8. The molecule has 1 aliphatic rings. The summed E-state index contributed by atoms with van der Waals surface area (Å²) in [5.41, 5.74) is 2.65. The van der Waals surface area contributed by atoms with Crippen LogP contribution in [-0.2, 0) is 14.3 Å². The van der Waals surface area contributed by atoms with Crippen molar-refractivity contribution in [2.24, 2.45) is 4.99 Å². The topological polar surface area (TPSA) is 96.2 Å². The van der Waals surface area contributed by atoms with Crippen LogP contribution in [0.25, 0.3) is 11.8 Å². The third kappa shape index (κ3) is 6.34. The van der Waals surface area contributed by atoms with Crippen molar-refractivity contribution in [3.05, 3.63) is 112 Å². The summed E-state index contributed by atoms with van der Waals surface area (Å²) in [6, 6.07) is 20.0. The molecule has 1 aromatic heterocycles. The number of hydrogen-bond acceptors (Lipinski definition) is 9. The predicted molar refractivity (Wildman–Crippen MR) is 176 cm³/mol. The van der Waals surface area contributed by atoms with Gasteiger partial charge in [-0.3, -0.25) is 14.2 Å². The number of benzene rings is 3. The molecule has 8 nitrogen and oxygen atoms in total. The number of aromatic nitrogens is 1. The maximum absolute atomic E-state index is 14.1. The summed E-state index contributed by atoms with van der Waals surface area (Å²) in [6.07, 6.45) is 3.74. The number of carbonyl (C=O) groups is 2. The highest BCUT2D eigenvalue weighted by atomic mass is 127. The molecular weight excluding hydrogens is 699 g/mol. The van der Waals surface area contributed by atoms with Crippen molar-refractivity contribution in [2.45, 2.75) is 24.8 Å². The van der Waals surface area contributed by atoms with Crippen molar-refractivity contribution in [2.75, 3.05) is 20.0 Å². The molecule has 1 aliphatic heterocycles. The molecule has 11 heteroatoms. The van der Waals surface area contributed by atoms with Crippen LogP contribution in [-0.4, -0.2) is 36.5 Å². The lowest BCUT2D eigenvalue weighted by atomic mass is 9.93. The van der Waals surface area contributed by atoms with Gasteiger partial charge in [0.1, 0.15) is 0 Å². The van der Waals surface area contributed by atoms with Gasteiger partial charge in [0.15, 0.2) is 16.3 Å².